The third kappa shape index (κ3) is 2.43. The highest BCUT2D eigenvalue weighted by Crippen LogP contribution is 2.19. The second-order valence-corrected chi connectivity index (χ2v) is 5.39. The molecule has 3 nitrogen and oxygen atoms in total. The molecule has 1 fully saturated rings. The van der Waals surface area contributed by atoms with Gasteiger partial charge in [-0.15, -0.1) is 0 Å². The minimum absolute atomic E-state index is 0.119. The molecular weight excluding hydrogens is 236 g/mol. The maximum absolute atomic E-state index is 12.1. The number of hydrogen-bond acceptors (Lipinski definition) is 2. The van der Waals surface area contributed by atoms with Crippen LogP contribution in [0.1, 0.15) is 13.3 Å². The molecule has 3 rings (SSSR count). The molecule has 2 heterocycles. The fourth-order valence-electron chi connectivity index (χ4n) is 3.04. The van der Waals surface area contributed by atoms with Gasteiger partial charge < -0.3 is 9.47 Å². The number of fused-ring (bicyclic) bond motifs is 1. The maximum atomic E-state index is 12.1. The van der Waals surface area contributed by atoms with Gasteiger partial charge in [0.25, 0.3) is 5.56 Å². The first-order valence-electron chi connectivity index (χ1n) is 7.09. The van der Waals surface area contributed by atoms with Crippen molar-refractivity contribution in [1.29, 1.82) is 0 Å². The number of likely N-dealkylation sites (tertiary alicyclic amines) is 1. The first kappa shape index (κ1) is 12.4. The van der Waals surface area contributed by atoms with Crippen LogP contribution >= 0.6 is 0 Å². The van der Waals surface area contributed by atoms with Gasteiger partial charge in [-0.1, -0.05) is 25.1 Å². The average molecular weight is 256 g/mol. The molecule has 0 amide bonds. The summed E-state index contributed by atoms with van der Waals surface area (Å²) in [6.45, 7) is 6.44. The summed E-state index contributed by atoms with van der Waals surface area (Å²) < 4.78 is 1.94. The second kappa shape index (κ2) is 5.17. The van der Waals surface area contributed by atoms with Gasteiger partial charge in [0.05, 0.1) is 5.52 Å². The lowest BCUT2D eigenvalue weighted by atomic mass is 10.1. The summed E-state index contributed by atoms with van der Waals surface area (Å²) in [4.78, 5) is 14.6. The van der Waals surface area contributed by atoms with E-state index >= 15 is 0 Å². The molecule has 0 aliphatic carbocycles. The van der Waals surface area contributed by atoms with Crippen molar-refractivity contribution in [2.45, 2.75) is 19.9 Å². The molecule has 0 N–H and O–H groups in total. The molecule has 1 aromatic heterocycles. The van der Waals surface area contributed by atoms with Crippen LogP contribution in [0.4, 0.5) is 0 Å². The van der Waals surface area contributed by atoms with Gasteiger partial charge in [0, 0.05) is 19.2 Å². The van der Waals surface area contributed by atoms with Crippen LogP contribution < -0.4 is 5.56 Å². The monoisotopic (exact) mass is 256 g/mol. The predicted molar refractivity (Wildman–Crippen MR) is 78.4 cm³/mol. The molecule has 0 saturated carbocycles. The van der Waals surface area contributed by atoms with Gasteiger partial charge in [-0.3, -0.25) is 4.79 Å². The van der Waals surface area contributed by atoms with Crippen LogP contribution in [0.2, 0.25) is 0 Å². The van der Waals surface area contributed by atoms with Crippen LogP contribution in [0, 0.1) is 5.92 Å². The molecule has 1 saturated heterocycles. The molecule has 2 aromatic rings. The van der Waals surface area contributed by atoms with Crippen molar-refractivity contribution in [3.05, 3.63) is 46.8 Å². The van der Waals surface area contributed by atoms with E-state index < -0.39 is 0 Å². The molecule has 0 unspecified atom stereocenters. The van der Waals surface area contributed by atoms with Crippen molar-refractivity contribution in [2.75, 3.05) is 19.6 Å². The molecule has 0 spiro atoms. The van der Waals surface area contributed by atoms with E-state index in [1.165, 1.54) is 13.0 Å². The lowest BCUT2D eigenvalue weighted by Crippen LogP contribution is -2.26. The number of nitrogens with zero attached hydrogens (tertiary/aromatic N) is 2. The minimum atomic E-state index is 0.119. The van der Waals surface area contributed by atoms with Crippen LogP contribution in [0.15, 0.2) is 41.2 Å². The van der Waals surface area contributed by atoms with E-state index in [0.29, 0.717) is 5.92 Å². The predicted octanol–water partition coefficient (Wildman–Crippen LogP) is 2.34. The number of para-hydroxylation sites is 1. The minimum Gasteiger partial charge on any atom is -0.308 e. The van der Waals surface area contributed by atoms with Gasteiger partial charge in [-0.05, 0) is 42.9 Å². The Morgan fingerprint density at radius 1 is 1.21 bits per heavy atom. The molecule has 1 atom stereocenters. The highest BCUT2D eigenvalue weighted by molar-refractivity contribution is 5.78. The van der Waals surface area contributed by atoms with Crippen LogP contribution in [0.3, 0.4) is 0 Å². The molecule has 1 aliphatic heterocycles. The van der Waals surface area contributed by atoms with Crippen LogP contribution in [-0.4, -0.2) is 29.1 Å². The van der Waals surface area contributed by atoms with E-state index in [1.54, 1.807) is 6.07 Å². The Hall–Kier alpha value is -1.61. The number of benzene rings is 1. The Morgan fingerprint density at radius 2 is 2.05 bits per heavy atom. The highest BCUT2D eigenvalue weighted by atomic mass is 16.1. The first-order chi connectivity index (χ1) is 9.28. The Morgan fingerprint density at radius 3 is 2.84 bits per heavy atom. The SMILES string of the molecule is CCN1CC[C@@H](Cn2c(=O)ccc3ccccc32)C1. The summed E-state index contributed by atoms with van der Waals surface area (Å²) in [6.07, 6.45) is 1.20. The molecule has 1 aliphatic rings. The van der Waals surface area contributed by atoms with Crippen molar-refractivity contribution in [2.24, 2.45) is 5.92 Å². The zero-order valence-corrected chi connectivity index (χ0v) is 11.4. The molecule has 3 heteroatoms. The van der Waals surface area contributed by atoms with Gasteiger partial charge in [0.2, 0.25) is 0 Å². The number of aromatic nitrogens is 1. The molecule has 100 valence electrons. The van der Waals surface area contributed by atoms with Gasteiger partial charge in [0.1, 0.15) is 0 Å². The normalized spacial score (nSPS) is 20.2. The molecule has 0 bridgehead atoms. The Kier molecular flexibility index (Phi) is 3.38. The lowest BCUT2D eigenvalue weighted by molar-refractivity contribution is 0.333. The topological polar surface area (TPSA) is 25.2 Å². The van der Waals surface area contributed by atoms with E-state index in [2.05, 4.69) is 17.9 Å². The third-order valence-corrected chi connectivity index (χ3v) is 4.16. The summed E-state index contributed by atoms with van der Waals surface area (Å²) in [5.74, 6) is 0.600. The van der Waals surface area contributed by atoms with E-state index in [1.807, 2.05) is 28.8 Å². The second-order valence-electron chi connectivity index (χ2n) is 5.39. The first-order valence-corrected chi connectivity index (χ1v) is 7.09. The zero-order chi connectivity index (χ0) is 13.2. The number of pyridine rings is 1. The van der Waals surface area contributed by atoms with Crippen LogP contribution in [0.25, 0.3) is 10.9 Å². The molecule has 0 radical (unpaired) electrons. The largest absolute Gasteiger partial charge is 0.308 e. The van der Waals surface area contributed by atoms with Crippen LogP contribution in [-0.2, 0) is 6.54 Å². The van der Waals surface area contributed by atoms with Gasteiger partial charge in [0.15, 0.2) is 0 Å². The number of rotatable bonds is 3. The zero-order valence-electron chi connectivity index (χ0n) is 11.4. The van der Waals surface area contributed by atoms with Crippen molar-refractivity contribution in [3.8, 4) is 0 Å². The quantitative estimate of drug-likeness (QED) is 0.842. The molecule has 19 heavy (non-hydrogen) atoms. The van der Waals surface area contributed by atoms with E-state index in [9.17, 15) is 4.79 Å². The Labute approximate surface area is 113 Å². The standard InChI is InChI=1S/C16H20N2O/c1-2-17-10-9-13(11-17)12-18-15-6-4-3-5-14(15)7-8-16(18)19/h3-8,13H,2,9-12H2,1H3/t13-/m1/s1. The molecular formula is C16H20N2O. The Bertz CT molecular complexity index is 632. The van der Waals surface area contributed by atoms with Crippen molar-refractivity contribution >= 4 is 10.9 Å². The van der Waals surface area contributed by atoms with E-state index in [0.717, 1.165) is 30.5 Å². The van der Waals surface area contributed by atoms with Crippen LogP contribution in [0.5, 0.6) is 0 Å². The van der Waals surface area contributed by atoms with E-state index in [-0.39, 0.29) is 5.56 Å². The average Bonchev–Trinajstić information content (AvgIpc) is 2.90. The Balaban J connectivity index is 1.92. The summed E-state index contributed by atoms with van der Waals surface area (Å²) in [7, 11) is 0. The van der Waals surface area contributed by atoms with Crippen molar-refractivity contribution in [3.63, 3.8) is 0 Å². The summed E-state index contributed by atoms with van der Waals surface area (Å²) in [5.41, 5.74) is 1.18. The van der Waals surface area contributed by atoms with Gasteiger partial charge in [-0.25, -0.2) is 0 Å². The highest BCUT2D eigenvalue weighted by Gasteiger charge is 2.22. The lowest BCUT2D eigenvalue weighted by Gasteiger charge is -2.16. The summed E-state index contributed by atoms with van der Waals surface area (Å²) in [6, 6.07) is 11.7. The summed E-state index contributed by atoms with van der Waals surface area (Å²) in [5, 5.41) is 1.15. The van der Waals surface area contributed by atoms with Crippen molar-refractivity contribution < 1.29 is 0 Å². The number of hydrogen-bond donors (Lipinski definition) is 0. The van der Waals surface area contributed by atoms with Gasteiger partial charge >= 0.3 is 0 Å². The molecule has 1 aromatic carbocycles. The van der Waals surface area contributed by atoms with Crippen molar-refractivity contribution in [1.82, 2.24) is 9.47 Å². The maximum Gasteiger partial charge on any atom is 0.251 e. The summed E-state index contributed by atoms with van der Waals surface area (Å²) >= 11 is 0. The van der Waals surface area contributed by atoms with E-state index in [4.69, 9.17) is 0 Å². The third-order valence-electron chi connectivity index (χ3n) is 4.16. The fraction of sp³-hybridized carbons (Fsp3) is 0.438. The van der Waals surface area contributed by atoms with Gasteiger partial charge in [-0.2, -0.15) is 0 Å². The fourth-order valence-corrected chi connectivity index (χ4v) is 3.04. The smallest absolute Gasteiger partial charge is 0.251 e.